The van der Waals surface area contributed by atoms with Crippen LogP contribution in [0.15, 0.2) is 0 Å². The summed E-state index contributed by atoms with van der Waals surface area (Å²) in [6.07, 6.45) is 6.55. The molecule has 1 unspecified atom stereocenters. The molecule has 2 fully saturated rings. The second-order valence-corrected chi connectivity index (χ2v) is 8.20. The summed E-state index contributed by atoms with van der Waals surface area (Å²) in [5.41, 5.74) is -0.300. The molecule has 2 aliphatic rings. The number of hydrogen-bond donors (Lipinski definition) is 1. The van der Waals surface area contributed by atoms with Crippen molar-refractivity contribution in [3.8, 4) is 0 Å². The van der Waals surface area contributed by atoms with E-state index in [0.29, 0.717) is 11.2 Å². The van der Waals surface area contributed by atoms with Gasteiger partial charge in [0.2, 0.25) is 10.3 Å². The Kier molecular flexibility index (Phi) is 6.53. The standard InChI is InChI=1S/C13H21Br2NO3S/c14-9-11(15)12(20(17)18)19-13(5-7-16-8-6-13)10-3-1-2-4-10/h10-11,16H,1-9H2. The van der Waals surface area contributed by atoms with E-state index in [1.165, 1.54) is 12.8 Å². The molecule has 7 heteroatoms. The fourth-order valence-corrected chi connectivity index (χ4v) is 4.95. The van der Waals surface area contributed by atoms with Gasteiger partial charge in [-0.05, 0) is 44.7 Å². The number of alkyl halides is 2. The van der Waals surface area contributed by atoms with E-state index < -0.39 is 10.3 Å². The van der Waals surface area contributed by atoms with Gasteiger partial charge in [-0.2, -0.15) is 8.42 Å². The van der Waals surface area contributed by atoms with Crippen LogP contribution >= 0.6 is 31.9 Å². The molecule has 0 radical (unpaired) electrons. The molecule has 2 rings (SSSR count). The molecule has 20 heavy (non-hydrogen) atoms. The van der Waals surface area contributed by atoms with Gasteiger partial charge in [0.1, 0.15) is 0 Å². The van der Waals surface area contributed by atoms with Crippen LogP contribution in [0.2, 0.25) is 0 Å². The highest BCUT2D eigenvalue weighted by Gasteiger charge is 2.44. The van der Waals surface area contributed by atoms with E-state index in [0.717, 1.165) is 38.8 Å². The van der Waals surface area contributed by atoms with Gasteiger partial charge in [0, 0.05) is 5.33 Å². The third-order valence-corrected chi connectivity index (χ3v) is 7.66. The van der Waals surface area contributed by atoms with Crippen LogP contribution in [0, 0.1) is 5.92 Å². The Hall–Kier alpha value is 0.570. The SMILES string of the molecule is O=S(=O)=C(OC1(C2CCCC2)CCNCC1)C(Br)CBr. The molecule has 1 N–H and O–H groups in total. The Morgan fingerprint density at radius 2 is 1.90 bits per heavy atom. The number of ether oxygens (including phenoxy) is 1. The highest BCUT2D eigenvalue weighted by molar-refractivity contribution is 9.12. The van der Waals surface area contributed by atoms with E-state index in [1.54, 1.807) is 0 Å². The quantitative estimate of drug-likeness (QED) is 0.549. The Morgan fingerprint density at radius 3 is 2.40 bits per heavy atom. The maximum atomic E-state index is 11.5. The van der Waals surface area contributed by atoms with Gasteiger partial charge in [0.15, 0.2) is 5.05 Å². The van der Waals surface area contributed by atoms with Crippen molar-refractivity contribution < 1.29 is 13.2 Å². The predicted octanol–water partition coefficient (Wildman–Crippen LogP) is 2.48. The summed E-state index contributed by atoms with van der Waals surface area (Å²) in [6, 6.07) is 0. The van der Waals surface area contributed by atoms with Crippen molar-refractivity contribution in [2.75, 3.05) is 18.4 Å². The maximum absolute atomic E-state index is 11.5. The highest BCUT2D eigenvalue weighted by Crippen LogP contribution is 2.42. The predicted molar refractivity (Wildman–Crippen MR) is 88.3 cm³/mol. The molecular formula is C13H21Br2NO3S. The molecule has 1 saturated carbocycles. The van der Waals surface area contributed by atoms with Gasteiger partial charge >= 0.3 is 0 Å². The Balaban J connectivity index is 2.25. The first-order chi connectivity index (χ1) is 9.59. The first-order valence-electron chi connectivity index (χ1n) is 7.15. The zero-order valence-electron chi connectivity index (χ0n) is 11.4. The van der Waals surface area contributed by atoms with Gasteiger partial charge in [0.05, 0.1) is 10.4 Å². The molecule has 1 heterocycles. The number of nitrogens with one attached hydrogen (secondary N) is 1. The Morgan fingerprint density at radius 1 is 1.30 bits per heavy atom. The molecule has 0 bridgehead atoms. The minimum absolute atomic E-state index is 0.149. The number of hydrogen-bond acceptors (Lipinski definition) is 4. The van der Waals surface area contributed by atoms with Crippen LogP contribution in [0.1, 0.15) is 38.5 Å². The summed E-state index contributed by atoms with van der Waals surface area (Å²) in [7, 11) is -2.31. The fourth-order valence-electron chi connectivity index (χ4n) is 3.36. The fraction of sp³-hybridized carbons (Fsp3) is 0.923. The number of halogens is 2. The molecule has 0 amide bonds. The van der Waals surface area contributed by atoms with Gasteiger partial charge in [-0.1, -0.05) is 44.7 Å². The lowest BCUT2D eigenvalue weighted by Gasteiger charge is -2.42. The molecule has 4 nitrogen and oxygen atoms in total. The van der Waals surface area contributed by atoms with Crippen LogP contribution < -0.4 is 5.32 Å². The van der Waals surface area contributed by atoms with Gasteiger partial charge < -0.3 is 10.1 Å². The lowest BCUT2D eigenvalue weighted by Crippen LogP contribution is -2.50. The molecular weight excluding hydrogens is 410 g/mol. The van der Waals surface area contributed by atoms with Crippen molar-refractivity contribution in [2.45, 2.75) is 49.0 Å². The molecule has 0 spiro atoms. The van der Waals surface area contributed by atoms with Crippen molar-refractivity contribution in [3.63, 3.8) is 0 Å². The second kappa shape index (κ2) is 7.72. The average Bonchev–Trinajstić information content (AvgIpc) is 2.99. The first kappa shape index (κ1) is 16.9. The molecule has 0 aromatic rings. The van der Waals surface area contributed by atoms with E-state index in [-0.39, 0.29) is 15.5 Å². The van der Waals surface area contributed by atoms with E-state index in [4.69, 9.17) is 4.74 Å². The topological polar surface area (TPSA) is 55.4 Å². The van der Waals surface area contributed by atoms with Crippen LogP contribution in [0.5, 0.6) is 0 Å². The van der Waals surface area contributed by atoms with Gasteiger partial charge in [0.25, 0.3) is 0 Å². The Bertz CT molecular complexity index is 446. The van der Waals surface area contributed by atoms with Crippen LogP contribution in [-0.4, -0.2) is 42.3 Å². The van der Waals surface area contributed by atoms with Gasteiger partial charge in [-0.15, -0.1) is 0 Å². The van der Waals surface area contributed by atoms with Crippen molar-refractivity contribution in [1.29, 1.82) is 0 Å². The van der Waals surface area contributed by atoms with Crippen LogP contribution in [0.25, 0.3) is 0 Å². The number of piperidine rings is 1. The smallest absolute Gasteiger partial charge is 0.241 e. The molecule has 1 atom stereocenters. The van der Waals surface area contributed by atoms with Gasteiger partial charge in [-0.25, -0.2) is 0 Å². The van der Waals surface area contributed by atoms with E-state index in [1.807, 2.05) is 0 Å². The first-order valence-corrected chi connectivity index (χ1v) is 10.3. The summed E-state index contributed by atoms with van der Waals surface area (Å²) in [5, 5.41) is 4.02. The lowest BCUT2D eigenvalue weighted by molar-refractivity contribution is -0.0269. The van der Waals surface area contributed by atoms with Crippen LogP contribution in [0.3, 0.4) is 0 Å². The zero-order chi connectivity index (χ0) is 14.6. The molecule has 1 saturated heterocycles. The van der Waals surface area contributed by atoms with Crippen molar-refractivity contribution in [1.82, 2.24) is 5.32 Å². The third-order valence-electron chi connectivity index (χ3n) is 4.41. The van der Waals surface area contributed by atoms with Gasteiger partial charge in [-0.3, -0.25) is 0 Å². The molecule has 116 valence electrons. The summed E-state index contributed by atoms with van der Waals surface area (Å²) in [6.45, 7) is 1.80. The minimum Gasteiger partial charge on any atom is -0.327 e. The van der Waals surface area contributed by atoms with Crippen molar-refractivity contribution in [3.05, 3.63) is 0 Å². The molecule has 0 aromatic carbocycles. The molecule has 1 aliphatic carbocycles. The van der Waals surface area contributed by atoms with Crippen molar-refractivity contribution >= 4 is 47.2 Å². The van der Waals surface area contributed by atoms with Crippen LogP contribution in [0.4, 0.5) is 0 Å². The third kappa shape index (κ3) is 3.85. The minimum atomic E-state index is -2.31. The highest BCUT2D eigenvalue weighted by atomic mass is 79.9. The van der Waals surface area contributed by atoms with E-state index in [9.17, 15) is 8.42 Å². The summed E-state index contributed by atoms with van der Waals surface area (Å²) in [5.74, 6) is 0.484. The van der Waals surface area contributed by atoms with E-state index >= 15 is 0 Å². The van der Waals surface area contributed by atoms with E-state index in [2.05, 4.69) is 37.2 Å². The lowest BCUT2D eigenvalue weighted by atomic mass is 9.78. The number of rotatable bonds is 4. The summed E-state index contributed by atoms with van der Waals surface area (Å²) in [4.78, 5) is -0.297. The Labute approximate surface area is 138 Å². The average molecular weight is 431 g/mol. The zero-order valence-corrected chi connectivity index (χ0v) is 15.4. The van der Waals surface area contributed by atoms with Crippen molar-refractivity contribution in [2.24, 2.45) is 5.92 Å². The van der Waals surface area contributed by atoms with Crippen LogP contribution in [-0.2, 0) is 15.0 Å². The largest absolute Gasteiger partial charge is 0.327 e. The molecule has 1 aliphatic heterocycles. The summed E-state index contributed by atoms with van der Waals surface area (Å²) >= 11 is 6.70. The normalized spacial score (nSPS) is 24.5. The second-order valence-electron chi connectivity index (χ2n) is 5.57. The maximum Gasteiger partial charge on any atom is 0.241 e. The monoisotopic (exact) mass is 429 g/mol. The summed E-state index contributed by atoms with van der Waals surface area (Å²) < 4.78 is 29.2. The molecule has 0 aromatic heterocycles.